The van der Waals surface area contributed by atoms with Gasteiger partial charge in [-0.1, -0.05) is 30.3 Å². The minimum Gasteiger partial charge on any atom is -0.312 e. The molecule has 21 heavy (non-hydrogen) atoms. The molecule has 2 fully saturated rings. The standard InChI is InChI=1S/C18H29N3/c1-20-10-7-17(14-20)13-19-18-9-12-21(15-18)11-8-16-5-3-2-4-6-16/h2-6,17-19H,7-15H2,1H3. The number of hydrogen-bond acceptors (Lipinski definition) is 3. The van der Waals surface area contributed by atoms with E-state index in [1.54, 1.807) is 0 Å². The van der Waals surface area contributed by atoms with Crippen molar-refractivity contribution in [2.24, 2.45) is 5.92 Å². The van der Waals surface area contributed by atoms with Gasteiger partial charge in [0.2, 0.25) is 0 Å². The molecule has 3 nitrogen and oxygen atoms in total. The van der Waals surface area contributed by atoms with Crippen molar-refractivity contribution in [3.8, 4) is 0 Å². The van der Waals surface area contributed by atoms with Crippen molar-refractivity contribution in [3.63, 3.8) is 0 Å². The highest BCUT2D eigenvalue weighted by Gasteiger charge is 2.24. The second-order valence-electron chi connectivity index (χ2n) is 6.85. The summed E-state index contributed by atoms with van der Waals surface area (Å²) in [6.07, 6.45) is 3.87. The van der Waals surface area contributed by atoms with Crippen LogP contribution in [0.25, 0.3) is 0 Å². The maximum atomic E-state index is 3.80. The molecule has 0 amide bonds. The molecule has 0 radical (unpaired) electrons. The summed E-state index contributed by atoms with van der Waals surface area (Å²) in [6, 6.07) is 11.6. The van der Waals surface area contributed by atoms with Crippen LogP contribution in [0, 0.1) is 5.92 Å². The summed E-state index contributed by atoms with van der Waals surface area (Å²) in [4.78, 5) is 5.07. The second-order valence-corrected chi connectivity index (χ2v) is 6.85. The van der Waals surface area contributed by atoms with Crippen LogP contribution in [0.5, 0.6) is 0 Å². The van der Waals surface area contributed by atoms with E-state index in [1.807, 2.05) is 0 Å². The highest BCUT2D eigenvalue weighted by Crippen LogP contribution is 2.15. The summed E-state index contributed by atoms with van der Waals surface area (Å²) in [7, 11) is 2.24. The van der Waals surface area contributed by atoms with E-state index in [0.717, 1.165) is 5.92 Å². The quantitative estimate of drug-likeness (QED) is 0.861. The van der Waals surface area contributed by atoms with Crippen LogP contribution >= 0.6 is 0 Å². The first-order valence-corrected chi connectivity index (χ1v) is 8.48. The highest BCUT2D eigenvalue weighted by atomic mass is 15.2. The molecule has 0 bridgehead atoms. The van der Waals surface area contributed by atoms with Gasteiger partial charge in [0, 0.05) is 25.7 Å². The van der Waals surface area contributed by atoms with Crippen molar-refractivity contribution in [3.05, 3.63) is 35.9 Å². The van der Waals surface area contributed by atoms with Crippen molar-refractivity contribution < 1.29 is 0 Å². The number of likely N-dealkylation sites (tertiary alicyclic amines) is 2. The highest BCUT2D eigenvalue weighted by molar-refractivity contribution is 5.14. The molecular formula is C18H29N3. The summed E-state index contributed by atoms with van der Waals surface area (Å²) in [5.74, 6) is 0.869. The van der Waals surface area contributed by atoms with Crippen molar-refractivity contribution in [2.75, 3.05) is 46.3 Å². The van der Waals surface area contributed by atoms with E-state index < -0.39 is 0 Å². The topological polar surface area (TPSA) is 18.5 Å². The third kappa shape index (κ3) is 4.53. The van der Waals surface area contributed by atoms with Crippen LogP contribution in [0.2, 0.25) is 0 Å². The fourth-order valence-electron chi connectivity index (χ4n) is 3.66. The predicted molar refractivity (Wildman–Crippen MR) is 88.6 cm³/mol. The molecule has 3 heteroatoms. The lowest BCUT2D eigenvalue weighted by molar-refractivity contribution is 0.326. The molecule has 1 aromatic rings. The SMILES string of the molecule is CN1CCC(CNC2CCN(CCc3ccccc3)C2)C1. The van der Waals surface area contributed by atoms with E-state index in [-0.39, 0.29) is 0 Å². The van der Waals surface area contributed by atoms with Crippen LogP contribution in [0.4, 0.5) is 0 Å². The minimum absolute atomic E-state index is 0.715. The zero-order valence-electron chi connectivity index (χ0n) is 13.3. The molecule has 0 saturated carbocycles. The van der Waals surface area contributed by atoms with Gasteiger partial charge in [0.1, 0.15) is 0 Å². The van der Waals surface area contributed by atoms with Crippen LogP contribution in [-0.4, -0.2) is 62.2 Å². The Bertz CT molecular complexity index is 420. The monoisotopic (exact) mass is 287 g/mol. The Morgan fingerprint density at radius 1 is 1.10 bits per heavy atom. The normalized spacial score (nSPS) is 27.5. The number of rotatable bonds is 6. The van der Waals surface area contributed by atoms with Gasteiger partial charge in [0.05, 0.1) is 0 Å². The fourth-order valence-corrected chi connectivity index (χ4v) is 3.66. The van der Waals surface area contributed by atoms with Gasteiger partial charge < -0.3 is 15.1 Å². The molecule has 2 saturated heterocycles. The Morgan fingerprint density at radius 3 is 2.71 bits per heavy atom. The van der Waals surface area contributed by atoms with Crippen LogP contribution in [0.1, 0.15) is 18.4 Å². The van der Waals surface area contributed by atoms with Crippen molar-refractivity contribution in [2.45, 2.75) is 25.3 Å². The Morgan fingerprint density at radius 2 is 1.95 bits per heavy atom. The zero-order valence-corrected chi connectivity index (χ0v) is 13.3. The van der Waals surface area contributed by atoms with E-state index in [2.05, 4.69) is 52.5 Å². The summed E-state index contributed by atoms with van der Waals surface area (Å²) in [5.41, 5.74) is 1.46. The van der Waals surface area contributed by atoms with Gasteiger partial charge in [-0.3, -0.25) is 0 Å². The lowest BCUT2D eigenvalue weighted by Crippen LogP contribution is -2.36. The van der Waals surface area contributed by atoms with E-state index in [0.29, 0.717) is 6.04 Å². The van der Waals surface area contributed by atoms with Crippen LogP contribution in [0.3, 0.4) is 0 Å². The fraction of sp³-hybridized carbons (Fsp3) is 0.667. The second kappa shape index (κ2) is 7.39. The molecule has 1 aromatic carbocycles. The lowest BCUT2D eigenvalue weighted by atomic mass is 10.1. The summed E-state index contributed by atoms with van der Waals surface area (Å²) >= 11 is 0. The molecular weight excluding hydrogens is 258 g/mol. The largest absolute Gasteiger partial charge is 0.312 e. The first-order chi connectivity index (χ1) is 10.3. The number of benzene rings is 1. The lowest BCUT2D eigenvalue weighted by Gasteiger charge is -2.18. The molecule has 2 aliphatic heterocycles. The van der Waals surface area contributed by atoms with Gasteiger partial charge in [-0.2, -0.15) is 0 Å². The van der Waals surface area contributed by atoms with Crippen molar-refractivity contribution in [1.29, 1.82) is 0 Å². The Hall–Kier alpha value is -0.900. The van der Waals surface area contributed by atoms with Gasteiger partial charge in [-0.15, -0.1) is 0 Å². The van der Waals surface area contributed by atoms with Gasteiger partial charge in [0.25, 0.3) is 0 Å². The Labute approximate surface area is 129 Å². The van der Waals surface area contributed by atoms with Gasteiger partial charge in [0.15, 0.2) is 0 Å². The first kappa shape index (κ1) is 15.0. The number of nitrogens with zero attached hydrogens (tertiary/aromatic N) is 2. The first-order valence-electron chi connectivity index (χ1n) is 8.48. The van der Waals surface area contributed by atoms with E-state index in [4.69, 9.17) is 0 Å². The van der Waals surface area contributed by atoms with E-state index >= 15 is 0 Å². The maximum absolute atomic E-state index is 3.80. The van der Waals surface area contributed by atoms with Crippen molar-refractivity contribution in [1.82, 2.24) is 15.1 Å². The maximum Gasteiger partial charge on any atom is 0.0207 e. The summed E-state index contributed by atoms with van der Waals surface area (Å²) < 4.78 is 0. The Balaban J connectivity index is 1.33. The van der Waals surface area contributed by atoms with Crippen molar-refractivity contribution >= 4 is 0 Å². The van der Waals surface area contributed by atoms with E-state index in [9.17, 15) is 0 Å². The molecule has 0 spiro atoms. The molecule has 2 atom stereocenters. The van der Waals surface area contributed by atoms with Crippen LogP contribution < -0.4 is 5.32 Å². The molecule has 2 aliphatic rings. The van der Waals surface area contributed by atoms with Gasteiger partial charge in [-0.25, -0.2) is 0 Å². The molecule has 2 unspecified atom stereocenters. The minimum atomic E-state index is 0.715. The van der Waals surface area contributed by atoms with Crippen LogP contribution in [0.15, 0.2) is 30.3 Å². The smallest absolute Gasteiger partial charge is 0.0207 e. The molecule has 0 aliphatic carbocycles. The Kier molecular flexibility index (Phi) is 5.28. The predicted octanol–water partition coefficient (Wildman–Crippen LogP) is 1.84. The molecule has 1 N–H and O–H groups in total. The number of nitrogens with one attached hydrogen (secondary N) is 1. The third-order valence-electron chi connectivity index (χ3n) is 5.02. The molecule has 2 heterocycles. The number of hydrogen-bond donors (Lipinski definition) is 1. The molecule has 0 aromatic heterocycles. The van der Waals surface area contributed by atoms with Gasteiger partial charge >= 0.3 is 0 Å². The molecule has 116 valence electrons. The van der Waals surface area contributed by atoms with Crippen LogP contribution in [-0.2, 0) is 6.42 Å². The average molecular weight is 287 g/mol. The van der Waals surface area contributed by atoms with E-state index in [1.165, 1.54) is 64.1 Å². The zero-order chi connectivity index (χ0) is 14.5. The summed E-state index contributed by atoms with van der Waals surface area (Å²) in [5, 5.41) is 3.80. The summed E-state index contributed by atoms with van der Waals surface area (Å²) in [6.45, 7) is 7.46. The van der Waals surface area contributed by atoms with Gasteiger partial charge in [-0.05, 0) is 57.4 Å². The molecule has 3 rings (SSSR count). The average Bonchev–Trinajstić information content (AvgIpc) is 3.13. The third-order valence-corrected chi connectivity index (χ3v) is 5.02.